The quantitative estimate of drug-likeness (QED) is 0.808. The Hall–Kier alpha value is -0.210. The fourth-order valence-corrected chi connectivity index (χ4v) is 6.24. The van der Waals surface area contributed by atoms with E-state index in [-0.39, 0.29) is 6.04 Å². The van der Waals surface area contributed by atoms with Gasteiger partial charge in [-0.1, -0.05) is 19.4 Å². The van der Waals surface area contributed by atoms with Crippen LogP contribution in [-0.2, 0) is 10.0 Å². The van der Waals surface area contributed by atoms with Crippen LogP contribution in [0.15, 0.2) is 37.6 Å². The summed E-state index contributed by atoms with van der Waals surface area (Å²) in [7, 11) is -3.47. The lowest BCUT2D eigenvalue weighted by molar-refractivity contribution is 0.541. The molecule has 1 atom stereocenters. The molecule has 0 spiro atoms. The lowest BCUT2D eigenvalue weighted by Crippen LogP contribution is -2.27. The molecule has 0 radical (unpaired) electrons. The molecule has 1 N–H and O–H groups in total. The highest BCUT2D eigenvalue weighted by molar-refractivity contribution is 9.10. The van der Waals surface area contributed by atoms with Gasteiger partial charge in [0.25, 0.3) is 10.0 Å². The van der Waals surface area contributed by atoms with Crippen LogP contribution < -0.4 is 4.72 Å². The first kappa shape index (κ1) is 15.2. The number of nitrogens with one attached hydrogen (secondary N) is 1. The molecule has 1 unspecified atom stereocenters. The second-order valence-electron chi connectivity index (χ2n) is 4.03. The molecule has 0 aromatic carbocycles. The third kappa shape index (κ3) is 3.66. The smallest absolute Gasteiger partial charge is 0.206 e. The Morgan fingerprint density at radius 3 is 2.63 bits per heavy atom. The first-order chi connectivity index (χ1) is 9.04. The second kappa shape index (κ2) is 6.49. The highest BCUT2D eigenvalue weighted by Gasteiger charge is 2.24. The number of hydrogen-bond acceptors (Lipinski definition) is 4. The van der Waals surface area contributed by atoms with Gasteiger partial charge in [-0.25, -0.2) is 13.1 Å². The molecule has 2 aromatic heterocycles. The molecule has 104 valence electrons. The maximum atomic E-state index is 12.4. The van der Waals surface area contributed by atoms with E-state index in [4.69, 9.17) is 0 Å². The zero-order valence-corrected chi connectivity index (χ0v) is 14.3. The molecule has 0 saturated carbocycles. The summed E-state index contributed by atoms with van der Waals surface area (Å²) in [6.45, 7) is 2.05. The van der Waals surface area contributed by atoms with E-state index in [1.54, 1.807) is 22.8 Å². The normalized spacial score (nSPS) is 13.6. The van der Waals surface area contributed by atoms with E-state index in [1.165, 1.54) is 11.3 Å². The molecular formula is C12H14BrNO2S3. The van der Waals surface area contributed by atoms with Crippen molar-refractivity contribution in [3.05, 3.63) is 38.3 Å². The monoisotopic (exact) mass is 379 g/mol. The van der Waals surface area contributed by atoms with E-state index < -0.39 is 10.0 Å². The molecular weight excluding hydrogens is 366 g/mol. The van der Waals surface area contributed by atoms with Gasteiger partial charge in [0.1, 0.15) is 4.21 Å². The van der Waals surface area contributed by atoms with Crippen LogP contribution in [-0.4, -0.2) is 8.42 Å². The van der Waals surface area contributed by atoms with E-state index >= 15 is 0 Å². The maximum Gasteiger partial charge on any atom is 0.251 e. The Bertz CT molecular complexity index is 619. The van der Waals surface area contributed by atoms with E-state index in [9.17, 15) is 8.42 Å². The number of halogens is 1. The number of sulfonamides is 1. The third-order valence-electron chi connectivity index (χ3n) is 2.59. The molecule has 0 aliphatic rings. The zero-order chi connectivity index (χ0) is 13.9. The Morgan fingerprint density at radius 1 is 1.32 bits per heavy atom. The molecule has 19 heavy (non-hydrogen) atoms. The minimum Gasteiger partial charge on any atom is -0.206 e. The first-order valence-electron chi connectivity index (χ1n) is 5.83. The van der Waals surface area contributed by atoms with Gasteiger partial charge in [0, 0.05) is 9.35 Å². The average molecular weight is 380 g/mol. The van der Waals surface area contributed by atoms with Gasteiger partial charge in [-0.15, -0.1) is 22.7 Å². The van der Waals surface area contributed by atoms with Crippen molar-refractivity contribution in [2.24, 2.45) is 0 Å². The summed E-state index contributed by atoms with van der Waals surface area (Å²) in [6, 6.07) is 5.51. The van der Waals surface area contributed by atoms with Crippen LogP contribution in [0.3, 0.4) is 0 Å². The fraction of sp³-hybridized carbons (Fsp3) is 0.333. The van der Waals surface area contributed by atoms with Crippen molar-refractivity contribution in [1.82, 2.24) is 4.72 Å². The molecule has 0 bridgehead atoms. The highest BCUT2D eigenvalue weighted by Crippen LogP contribution is 2.30. The topological polar surface area (TPSA) is 46.2 Å². The highest BCUT2D eigenvalue weighted by atomic mass is 79.9. The molecule has 3 nitrogen and oxygen atoms in total. The standard InChI is InChI=1S/C12H14BrNO2S3/c1-2-4-10(11-5-3-7-17-11)14-19(15,16)12-9(13)6-8-18-12/h3,5-8,10,14H,2,4H2,1H3. The summed E-state index contributed by atoms with van der Waals surface area (Å²) in [4.78, 5) is 1.05. The summed E-state index contributed by atoms with van der Waals surface area (Å²) in [5, 5.41) is 3.73. The molecule has 0 aliphatic heterocycles. The van der Waals surface area contributed by atoms with Crippen molar-refractivity contribution in [2.45, 2.75) is 30.0 Å². The minimum atomic E-state index is -3.47. The van der Waals surface area contributed by atoms with Gasteiger partial charge in [0.15, 0.2) is 0 Å². The van der Waals surface area contributed by atoms with Crippen LogP contribution in [0, 0.1) is 0 Å². The van der Waals surface area contributed by atoms with E-state index in [0.717, 1.165) is 17.7 Å². The maximum absolute atomic E-state index is 12.4. The molecule has 7 heteroatoms. The Morgan fingerprint density at radius 2 is 2.11 bits per heavy atom. The van der Waals surface area contributed by atoms with Crippen LogP contribution in [0.2, 0.25) is 0 Å². The number of rotatable bonds is 6. The van der Waals surface area contributed by atoms with E-state index in [0.29, 0.717) is 8.68 Å². The molecule has 0 aliphatic carbocycles. The summed E-state index contributed by atoms with van der Waals surface area (Å²) in [6.07, 6.45) is 1.72. The second-order valence-corrected chi connectivity index (χ2v) is 8.69. The van der Waals surface area contributed by atoms with Crippen molar-refractivity contribution in [2.75, 3.05) is 0 Å². The third-order valence-corrected chi connectivity index (χ3v) is 7.72. The van der Waals surface area contributed by atoms with Crippen LogP contribution >= 0.6 is 38.6 Å². The zero-order valence-electron chi connectivity index (χ0n) is 10.3. The lowest BCUT2D eigenvalue weighted by atomic mass is 10.1. The van der Waals surface area contributed by atoms with Crippen molar-refractivity contribution < 1.29 is 8.42 Å². The van der Waals surface area contributed by atoms with Gasteiger partial charge in [-0.05, 0) is 45.2 Å². The first-order valence-corrected chi connectivity index (χ1v) is 9.87. The molecule has 2 heterocycles. The largest absolute Gasteiger partial charge is 0.251 e. The van der Waals surface area contributed by atoms with Gasteiger partial charge < -0.3 is 0 Å². The van der Waals surface area contributed by atoms with Crippen molar-refractivity contribution >= 4 is 48.6 Å². The predicted octanol–water partition coefficient (Wildman–Crippen LogP) is 4.39. The van der Waals surface area contributed by atoms with Crippen LogP contribution in [0.25, 0.3) is 0 Å². The summed E-state index contributed by atoms with van der Waals surface area (Å²) >= 11 is 6.07. The fourth-order valence-electron chi connectivity index (χ4n) is 1.75. The molecule has 0 amide bonds. The lowest BCUT2D eigenvalue weighted by Gasteiger charge is -2.16. The number of hydrogen-bond donors (Lipinski definition) is 1. The molecule has 0 saturated heterocycles. The number of thiophene rings is 2. The summed E-state index contributed by atoms with van der Waals surface area (Å²) in [5.41, 5.74) is 0. The van der Waals surface area contributed by atoms with Gasteiger partial charge in [-0.2, -0.15) is 0 Å². The van der Waals surface area contributed by atoms with Gasteiger partial charge in [-0.3, -0.25) is 0 Å². The van der Waals surface area contributed by atoms with Gasteiger partial charge >= 0.3 is 0 Å². The van der Waals surface area contributed by atoms with Crippen molar-refractivity contribution in [3.8, 4) is 0 Å². The van der Waals surface area contributed by atoms with Crippen molar-refractivity contribution in [3.63, 3.8) is 0 Å². The van der Waals surface area contributed by atoms with Crippen LogP contribution in [0.1, 0.15) is 30.7 Å². The van der Waals surface area contributed by atoms with E-state index in [1.807, 2.05) is 17.5 Å². The summed E-state index contributed by atoms with van der Waals surface area (Å²) in [5.74, 6) is 0. The summed E-state index contributed by atoms with van der Waals surface area (Å²) < 4.78 is 28.5. The molecule has 2 rings (SSSR count). The van der Waals surface area contributed by atoms with Crippen LogP contribution in [0.5, 0.6) is 0 Å². The molecule has 2 aromatic rings. The van der Waals surface area contributed by atoms with E-state index in [2.05, 4.69) is 27.6 Å². The Kier molecular flexibility index (Phi) is 5.19. The van der Waals surface area contributed by atoms with Crippen molar-refractivity contribution in [1.29, 1.82) is 0 Å². The molecule has 0 fully saturated rings. The van der Waals surface area contributed by atoms with Crippen LogP contribution in [0.4, 0.5) is 0 Å². The Labute approximate surface area is 129 Å². The minimum absolute atomic E-state index is 0.149. The Balaban J connectivity index is 2.25. The van der Waals surface area contributed by atoms with Gasteiger partial charge in [0.2, 0.25) is 0 Å². The predicted molar refractivity (Wildman–Crippen MR) is 84.3 cm³/mol. The SMILES string of the molecule is CCCC(NS(=O)(=O)c1sccc1Br)c1cccs1. The average Bonchev–Trinajstić information content (AvgIpc) is 2.98. The van der Waals surface area contributed by atoms with Gasteiger partial charge in [0.05, 0.1) is 6.04 Å².